The van der Waals surface area contributed by atoms with Gasteiger partial charge in [0.15, 0.2) is 17.5 Å². The molecular formula is C21H35IN4O3. The minimum atomic E-state index is 0. The molecule has 2 aliphatic rings. The summed E-state index contributed by atoms with van der Waals surface area (Å²) in [7, 11) is 5.16. The number of hydrogen-bond acceptors (Lipinski definition) is 5. The number of methoxy groups -OCH3 is 2. The van der Waals surface area contributed by atoms with Gasteiger partial charge < -0.3 is 24.8 Å². The van der Waals surface area contributed by atoms with Crippen molar-refractivity contribution in [3.05, 3.63) is 23.8 Å². The quantitative estimate of drug-likeness (QED) is 0.298. The molecule has 0 amide bonds. The predicted molar refractivity (Wildman–Crippen MR) is 127 cm³/mol. The van der Waals surface area contributed by atoms with E-state index in [1.54, 1.807) is 14.2 Å². The molecule has 1 heterocycles. The second kappa shape index (κ2) is 12.4. The van der Waals surface area contributed by atoms with E-state index in [2.05, 4.69) is 32.7 Å². The summed E-state index contributed by atoms with van der Waals surface area (Å²) in [4.78, 5) is 6.84. The first-order chi connectivity index (χ1) is 13.7. The van der Waals surface area contributed by atoms with E-state index in [4.69, 9.17) is 14.2 Å². The number of morpholine rings is 1. The molecule has 164 valence electrons. The zero-order valence-electron chi connectivity index (χ0n) is 17.8. The van der Waals surface area contributed by atoms with Crippen LogP contribution in [0.5, 0.6) is 11.5 Å². The average molecular weight is 518 g/mol. The van der Waals surface area contributed by atoms with Gasteiger partial charge in [-0.1, -0.05) is 18.9 Å². The van der Waals surface area contributed by atoms with Crippen molar-refractivity contribution in [3.8, 4) is 11.5 Å². The molecule has 2 fully saturated rings. The number of nitrogens with zero attached hydrogens (tertiary/aromatic N) is 2. The first kappa shape index (κ1) is 24.0. The summed E-state index contributed by atoms with van der Waals surface area (Å²) in [5.41, 5.74) is 1.19. The van der Waals surface area contributed by atoms with E-state index in [1.165, 1.54) is 24.8 Å². The van der Waals surface area contributed by atoms with E-state index in [-0.39, 0.29) is 30.0 Å². The molecule has 1 aliphatic carbocycles. The van der Waals surface area contributed by atoms with Crippen LogP contribution in [0, 0.1) is 5.92 Å². The van der Waals surface area contributed by atoms with Gasteiger partial charge in [0, 0.05) is 33.2 Å². The van der Waals surface area contributed by atoms with Gasteiger partial charge in [0.25, 0.3) is 0 Å². The molecule has 1 saturated carbocycles. The standard InChI is InChI=1S/C21H34N4O3.HI/c1-22-21(23-9-8-16-4-5-16)24-15-18(25-10-12-28-13-11-25)17-6-7-19(26-2)20(14-17)27-3;/h6-7,14,16,18H,4-5,8-13,15H2,1-3H3,(H2,22,23,24);1H. The van der Waals surface area contributed by atoms with Crippen LogP contribution in [0.4, 0.5) is 0 Å². The topological polar surface area (TPSA) is 67.4 Å². The van der Waals surface area contributed by atoms with E-state index < -0.39 is 0 Å². The first-order valence-corrected chi connectivity index (χ1v) is 10.2. The lowest BCUT2D eigenvalue weighted by Crippen LogP contribution is -2.46. The largest absolute Gasteiger partial charge is 0.493 e. The van der Waals surface area contributed by atoms with E-state index in [0.717, 1.165) is 62.8 Å². The van der Waals surface area contributed by atoms with Gasteiger partial charge in [-0.3, -0.25) is 9.89 Å². The van der Waals surface area contributed by atoms with Crippen LogP contribution >= 0.6 is 24.0 Å². The molecule has 2 N–H and O–H groups in total. The number of ether oxygens (including phenoxy) is 3. The molecular weight excluding hydrogens is 483 g/mol. The summed E-state index contributed by atoms with van der Waals surface area (Å²) in [6, 6.07) is 6.37. The smallest absolute Gasteiger partial charge is 0.191 e. The molecule has 0 radical (unpaired) electrons. The van der Waals surface area contributed by atoms with E-state index in [9.17, 15) is 0 Å². The molecule has 3 rings (SSSR count). The Balaban J connectivity index is 0.00000300. The first-order valence-electron chi connectivity index (χ1n) is 10.2. The molecule has 0 spiro atoms. The molecule has 1 unspecified atom stereocenters. The van der Waals surface area contributed by atoms with Gasteiger partial charge in [0.05, 0.1) is 33.5 Å². The number of nitrogens with one attached hydrogen (secondary N) is 2. The Morgan fingerprint density at radius 2 is 1.90 bits per heavy atom. The van der Waals surface area contributed by atoms with Gasteiger partial charge in [-0.25, -0.2) is 0 Å². The number of benzene rings is 1. The van der Waals surface area contributed by atoms with Crippen LogP contribution in [0.2, 0.25) is 0 Å². The Morgan fingerprint density at radius 3 is 2.52 bits per heavy atom. The Morgan fingerprint density at radius 1 is 1.17 bits per heavy atom. The minimum Gasteiger partial charge on any atom is -0.493 e. The molecule has 1 aromatic rings. The van der Waals surface area contributed by atoms with Gasteiger partial charge in [-0.2, -0.15) is 0 Å². The van der Waals surface area contributed by atoms with Crippen molar-refractivity contribution in [2.45, 2.75) is 25.3 Å². The van der Waals surface area contributed by atoms with Crippen LogP contribution in [0.25, 0.3) is 0 Å². The molecule has 0 aromatic heterocycles. The van der Waals surface area contributed by atoms with Gasteiger partial charge in [-0.15, -0.1) is 24.0 Å². The Labute approximate surface area is 191 Å². The van der Waals surface area contributed by atoms with E-state index in [0.29, 0.717) is 0 Å². The number of guanidine groups is 1. The lowest BCUT2D eigenvalue weighted by molar-refractivity contribution is 0.0169. The maximum atomic E-state index is 5.55. The molecule has 1 atom stereocenters. The second-order valence-electron chi connectivity index (χ2n) is 7.39. The van der Waals surface area contributed by atoms with Crippen LogP contribution in [-0.2, 0) is 4.74 Å². The summed E-state index contributed by atoms with van der Waals surface area (Å²) >= 11 is 0. The van der Waals surface area contributed by atoms with E-state index in [1.807, 2.05) is 13.1 Å². The lowest BCUT2D eigenvalue weighted by atomic mass is 10.0. The third-order valence-electron chi connectivity index (χ3n) is 5.51. The molecule has 1 aliphatic heterocycles. The minimum absolute atomic E-state index is 0. The molecule has 1 saturated heterocycles. The van der Waals surface area contributed by atoms with Crippen molar-refractivity contribution in [1.29, 1.82) is 0 Å². The monoisotopic (exact) mass is 518 g/mol. The van der Waals surface area contributed by atoms with Crippen molar-refractivity contribution >= 4 is 29.9 Å². The van der Waals surface area contributed by atoms with Gasteiger partial charge in [-0.05, 0) is 30.0 Å². The summed E-state index contributed by atoms with van der Waals surface area (Å²) in [5.74, 6) is 3.28. The van der Waals surface area contributed by atoms with Gasteiger partial charge in [0.1, 0.15) is 0 Å². The highest BCUT2D eigenvalue weighted by atomic mass is 127. The average Bonchev–Trinajstić information content (AvgIpc) is 3.57. The third kappa shape index (κ3) is 7.18. The van der Waals surface area contributed by atoms with Crippen molar-refractivity contribution in [2.24, 2.45) is 10.9 Å². The maximum absolute atomic E-state index is 5.55. The second-order valence-corrected chi connectivity index (χ2v) is 7.39. The Kier molecular flexibility index (Phi) is 10.3. The van der Waals surface area contributed by atoms with Crippen LogP contribution in [-0.4, -0.2) is 71.5 Å². The molecule has 0 bridgehead atoms. The molecule has 29 heavy (non-hydrogen) atoms. The molecule has 7 nitrogen and oxygen atoms in total. The van der Waals surface area contributed by atoms with Crippen molar-refractivity contribution in [1.82, 2.24) is 15.5 Å². The summed E-state index contributed by atoms with van der Waals surface area (Å²) in [6.07, 6.45) is 3.99. The third-order valence-corrected chi connectivity index (χ3v) is 5.51. The number of rotatable bonds is 9. The predicted octanol–water partition coefficient (Wildman–Crippen LogP) is 2.66. The zero-order chi connectivity index (χ0) is 19.8. The van der Waals surface area contributed by atoms with E-state index >= 15 is 0 Å². The van der Waals surface area contributed by atoms with Crippen molar-refractivity contribution < 1.29 is 14.2 Å². The lowest BCUT2D eigenvalue weighted by Gasteiger charge is -2.35. The number of aliphatic imine (C=N–C) groups is 1. The van der Waals surface area contributed by atoms with Crippen LogP contribution in [0.1, 0.15) is 30.9 Å². The Hall–Kier alpha value is -1.26. The normalized spacial score (nSPS) is 18.5. The molecule has 1 aromatic carbocycles. The summed E-state index contributed by atoms with van der Waals surface area (Å²) in [5, 5.41) is 6.95. The fraction of sp³-hybridized carbons (Fsp3) is 0.667. The highest BCUT2D eigenvalue weighted by Gasteiger charge is 2.24. The fourth-order valence-corrected chi connectivity index (χ4v) is 3.62. The van der Waals surface area contributed by atoms with Crippen LogP contribution in [0.15, 0.2) is 23.2 Å². The van der Waals surface area contributed by atoms with Crippen LogP contribution < -0.4 is 20.1 Å². The van der Waals surface area contributed by atoms with Crippen molar-refractivity contribution in [3.63, 3.8) is 0 Å². The van der Waals surface area contributed by atoms with Crippen LogP contribution in [0.3, 0.4) is 0 Å². The van der Waals surface area contributed by atoms with Gasteiger partial charge >= 0.3 is 0 Å². The SMILES string of the molecule is CN=C(NCCC1CC1)NCC(c1ccc(OC)c(OC)c1)N1CCOCC1.I. The zero-order valence-corrected chi connectivity index (χ0v) is 20.1. The summed E-state index contributed by atoms with van der Waals surface area (Å²) < 4.78 is 16.5. The maximum Gasteiger partial charge on any atom is 0.191 e. The molecule has 8 heteroatoms. The highest BCUT2D eigenvalue weighted by molar-refractivity contribution is 14.0. The van der Waals surface area contributed by atoms with Crippen molar-refractivity contribution in [2.75, 3.05) is 60.7 Å². The number of halogens is 1. The number of hydrogen-bond donors (Lipinski definition) is 2. The van der Waals surface area contributed by atoms with Gasteiger partial charge in [0.2, 0.25) is 0 Å². The summed E-state index contributed by atoms with van der Waals surface area (Å²) in [6.45, 7) is 5.08. The fourth-order valence-electron chi connectivity index (χ4n) is 3.62. The Bertz CT molecular complexity index is 649. The highest BCUT2D eigenvalue weighted by Crippen LogP contribution is 2.32.